The molecule has 2 heterocycles. The van der Waals surface area contributed by atoms with Crippen molar-refractivity contribution in [1.29, 1.82) is 0 Å². The lowest BCUT2D eigenvalue weighted by atomic mass is 10.1. The fraction of sp³-hybridized carbons (Fsp3) is 0.250. The highest BCUT2D eigenvalue weighted by atomic mass is 16.5. The van der Waals surface area contributed by atoms with Crippen LogP contribution in [0.4, 0.5) is 11.4 Å². The molecule has 2 aromatic rings. The lowest BCUT2D eigenvalue weighted by Crippen LogP contribution is -2.51. The van der Waals surface area contributed by atoms with Crippen molar-refractivity contribution in [2.24, 2.45) is 0 Å². The van der Waals surface area contributed by atoms with Gasteiger partial charge in [0.1, 0.15) is 11.5 Å². The molecule has 0 radical (unpaired) electrons. The SMILES string of the molecule is CNC(=O)[C@@H]1CN(C(=O)C[C@H]2Oc3ccccc3NC2=O)c2ccccc2O1. The Bertz CT molecular complexity index is 945. The molecule has 0 spiro atoms. The molecule has 0 fully saturated rings. The summed E-state index contributed by atoms with van der Waals surface area (Å²) in [6.45, 7) is 0.0560. The zero-order valence-corrected chi connectivity index (χ0v) is 15.2. The highest BCUT2D eigenvalue weighted by molar-refractivity contribution is 6.03. The van der Waals surface area contributed by atoms with Gasteiger partial charge in [0.2, 0.25) is 5.91 Å². The molecule has 0 saturated heterocycles. The van der Waals surface area contributed by atoms with Crippen LogP contribution in [0.1, 0.15) is 6.42 Å². The maximum absolute atomic E-state index is 13.0. The fourth-order valence-electron chi connectivity index (χ4n) is 3.26. The molecule has 144 valence electrons. The number of ether oxygens (including phenoxy) is 2. The molecular weight excluding hydrogens is 362 g/mol. The first-order chi connectivity index (χ1) is 13.6. The average Bonchev–Trinajstić information content (AvgIpc) is 2.72. The van der Waals surface area contributed by atoms with Gasteiger partial charge in [-0.05, 0) is 24.3 Å². The van der Waals surface area contributed by atoms with Gasteiger partial charge >= 0.3 is 0 Å². The van der Waals surface area contributed by atoms with Crippen LogP contribution in [0.15, 0.2) is 48.5 Å². The van der Waals surface area contributed by atoms with Gasteiger partial charge in [-0.15, -0.1) is 0 Å². The highest BCUT2D eigenvalue weighted by Crippen LogP contribution is 2.35. The van der Waals surface area contributed by atoms with Gasteiger partial charge in [-0.3, -0.25) is 14.4 Å². The summed E-state index contributed by atoms with van der Waals surface area (Å²) < 4.78 is 11.4. The third kappa shape index (κ3) is 3.24. The van der Waals surface area contributed by atoms with E-state index in [0.717, 1.165) is 0 Å². The normalized spacial score (nSPS) is 20.0. The Morgan fingerprint density at radius 3 is 2.61 bits per heavy atom. The molecule has 2 aromatic carbocycles. The number of nitrogens with zero attached hydrogens (tertiary/aromatic N) is 1. The Kier molecular flexibility index (Phi) is 4.60. The van der Waals surface area contributed by atoms with E-state index in [2.05, 4.69) is 10.6 Å². The number of carbonyl (C=O) groups excluding carboxylic acids is 3. The van der Waals surface area contributed by atoms with Gasteiger partial charge in [0, 0.05) is 7.05 Å². The Morgan fingerprint density at radius 2 is 1.82 bits per heavy atom. The molecule has 28 heavy (non-hydrogen) atoms. The third-order valence-corrected chi connectivity index (χ3v) is 4.68. The van der Waals surface area contributed by atoms with Crippen molar-refractivity contribution in [3.63, 3.8) is 0 Å². The zero-order valence-electron chi connectivity index (χ0n) is 15.2. The van der Waals surface area contributed by atoms with E-state index in [1.807, 2.05) is 0 Å². The number of carbonyl (C=O) groups is 3. The molecule has 2 N–H and O–H groups in total. The lowest BCUT2D eigenvalue weighted by molar-refractivity contribution is -0.130. The van der Waals surface area contributed by atoms with Crippen LogP contribution in [0.3, 0.4) is 0 Å². The minimum Gasteiger partial charge on any atom is -0.478 e. The number of amides is 3. The van der Waals surface area contributed by atoms with Crippen molar-refractivity contribution < 1.29 is 23.9 Å². The maximum atomic E-state index is 13.0. The predicted octanol–water partition coefficient (Wildman–Crippen LogP) is 1.32. The van der Waals surface area contributed by atoms with Gasteiger partial charge < -0.3 is 25.0 Å². The smallest absolute Gasteiger partial charge is 0.266 e. The van der Waals surface area contributed by atoms with E-state index in [4.69, 9.17) is 9.47 Å². The van der Waals surface area contributed by atoms with Gasteiger partial charge in [0.15, 0.2) is 12.2 Å². The maximum Gasteiger partial charge on any atom is 0.266 e. The molecule has 4 rings (SSSR count). The highest BCUT2D eigenvalue weighted by Gasteiger charge is 2.36. The van der Waals surface area contributed by atoms with Crippen LogP contribution in [-0.2, 0) is 14.4 Å². The van der Waals surface area contributed by atoms with Gasteiger partial charge in [-0.25, -0.2) is 0 Å². The number of benzene rings is 2. The second kappa shape index (κ2) is 7.22. The third-order valence-electron chi connectivity index (χ3n) is 4.68. The van der Waals surface area contributed by atoms with Gasteiger partial charge in [0.05, 0.1) is 24.3 Å². The van der Waals surface area contributed by atoms with E-state index >= 15 is 0 Å². The second-order valence-corrected chi connectivity index (χ2v) is 6.49. The van der Waals surface area contributed by atoms with E-state index in [1.54, 1.807) is 48.5 Å². The summed E-state index contributed by atoms with van der Waals surface area (Å²) in [5.41, 5.74) is 1.14. The summed E-state index contributed by atoms with van der Waals surface area (Å²) in [4.78, 5) is 38.9. The van der Waals surface area contributed by atoms with E-state index in [9.17, 15) is 14.4 Å². The number of fused-ring (bicyclic) bond motifs is 2. The molecule has 2 atom stereocenters. The summed E-state index contributed by atoms with van der Waals surface area (Å²) >= 11 is 0. The average molecular weight is 381 g/mol. The molecule has 0 bridgehead atoms. The Hall–Kier alpha value is -3.55. The number of para-hydroxylation sites is 4. The van der Waals surface area contributed by atoms with Crippen LogP contribution in [0.2, 0.25) is 0 Å². The summed E-state index contributed by atoms with van der Waals surface area (Å²) in [6.07, 6.45) is -1.93. The van der Waals surface area contributed by atoms with Crippen LogP contribution in [0.25, 0.3) is 0 Å². The molecule has 3 amide bonds. The summed E-state index contributed by atoms with van der Waals surface area (Å²) in [5.74, 6) is -0.0749. The standard InChI is InChI=1S/C20H19N3O5/c1-21-19(25)17-11-23(13-7-3-5-9-15(13)28-17)18(24)10-16-20(26)22-12-6-2-4-8-14(12)27-16/h2-9,16-17H,10-11H2,1H3,(H,21,25)(H,22,26)/t16-,17+/m1/s1. The Morgan fingerprint density at radius 1 is 1.11 bits per heavy atom. The molecule has 2 aliphatic heterocycles. The molecule has 8 nitrogen and oxygen atoms in total. The second-order valence-electron chi connectivity index (χ2n) is 6.49. The topological polar surface area (TPSA) is 97.0 Å². The Labute approximate surface area is 161 Å². The molecule has 0 aromatic heterocycles. The number of nitrogens with one attached hydrogen (secondary N) is 2. The van der Waals surface area contributed by atoms with Crippen molar-refractivity contribution in [2.75, 3.05) is 23.8 Å². The minimum atomic E-state index is -0.948. The first-order valence-corrected chi connectivity index (χ1v) is 8.91. The number of anilines is 2. The first-order valence-electron chi connectivity index (χ1n) is 8.91. The largest absolute Gasteiger partial charge is 0.478 e. The number of hydrogen-bond acceptors (Lipinski definition) is 5. The van der Waals surface area contributed by atoms with Gasteiger partial charge in [0.25, 0.3) is 11.8 Å². The summed E-state index contributed by atoms with van der Waals surface area (Å²) in [7, 11) is 1.51. The number of hydrogen-bond donors (Lipinski definition) is 2. The first kappa shape index (κ1) is 17.8. The van der Waals surface area contributed by atoms with Crippen LogP contribution in [0.5, 0.6) is 11.5 Å². The monoisotopic (exact) mass is 381 g/mol. The quantitative estimate of drug-likeness (QED) is 0.836. The summed E-state index contributed by atoms with van der Waals surface area (Å²) in [6, 6.07) is 14.0. The molecule has 0 saturated carbocycles. The van der Waals surface area contributed by atoms with E-state index < -0.39 is 12.2 Å². The predicted molar refractivity (Wildman–Crippen MR) is 101 cm³/mol. The summed E-state index contributed by atoms with van der Waals surface area (Å²) in [5, 5.41) is 5.28. The molecule has 2 aliphatic rings. The van der Waals surface area contributed by atoms with Crippen molar-refractivity contribution >= 4 is 29.1 Å². The van der Waals surface area contributed by atoms with E-state index in [0.29, 0.717) is 22.9 Å². The number of likely N-dealkylation sites (N-methyl/N-ethyl adjacent to an activating group) is 1. The van der Waals surface area contributed by atoms with Crippen LogP contribution >= 0.6 is 0 Å². The Balaban J connectivity index is 1.55. The van der Waals surface area contributed by atoms with Crippen LogP contribution < -0.4 is 25.0 Å². The molecular formula is C20H19N3O5. The zero-order chi connectivity index (χ0) is 19.7. The fourth-order valence-corrected chi connectivity index (χ4v) is 3.26. The lowest BCUT2D eigenvalue weighted by Gasteiger charge is -2.35. The minimum absolute atomic E-state index is 0.0560. The van der Waals surface area contributed by atoms with E-state index in [1.165, 1.54) is 11.9 Å². The van der Waals surface area contributed by atoms with E-state index in [-0.39, 0.29) is 30.7 Å². The molecule has 8 heteroatoms. The molecule has 0 aliphatic carbocycles. The van der Waals surface area contributed by atoms with Crippen molar-refractivity contribution in [3.05, 3.63) is 48.5 Å². The van der Waals surface area contributed by atoms with Crippen LogP contribution in [0, 0.1) is 0 Å². The van der Waals surface area contributed by atoms with Crippen molar-refractivity contribution in [3.8, 4) is 11.5 Å². The van der Waals surface area contributed by atoms with Crippen LogP contribution in [-0.4, -0.2) is 43.5 Å². The number of rotatable bonds is 3. The molecule has 0 unspecified atom stereocenters. The van der Waals surface area contributed by atoms with Gasteiger partial charge in [-0.1, -0.05) is 24.3 Å². The van der Waals surface area contributed by atoms with Crippen molar-refractivity contribution in [2.45, 2.75) is 18.6 Å². The van der Waals surface area contributed by atoms with Crippen molar-refractivity contribution in [1.82, 2.24) is 5.32 Å². The van der Waals surface area contributed by atoms with Gasteiger partial charge in [-0.2, -0.15) is 0 Å².